The van der Waals surface area contributed by atoms with Crippen molar-refractivity contribution in [1.29, 1.82) is 5.26 Å². The second-order valence-corrected chi connectivity index (χ2v) is 6.56. The number of hydrogen-bond acceptors (Lipinski definition) is 7. The van der Waals surface area contributed by atoms with Crippen LogP contribution in [0, 0.1) is 24.1 Å². The molecule has 1 unspecified atom stereocenters. The normalized spacial score (nSPS) is 13.0. The van der Waals surface area contributed by atoms with Gasteiger partial charge in [-0.25, -0.2) is 4.39 Å². The zero-order valence-corrected chi connectivity index (χ0v) is 15.7. The molecular weight excluding hydrogens is 387 g/mol. The minimum atomic E-state index is -0.913. The molecule has 0 amide bonds. The van der Waals surface area contributed by atoms with Crippen LogP contribution in [0.3, 0.4) is 0 Å². The fraction of sp³-hybridized carbons (Fsp3) is 0.211. The molecule has 9 heteroatoms. The first-order valence-corrected chi connectivity index (χ1v) is 8.65. The Morgan fingerprint density at radius 2 is 2.04 bits per heavy atom. The number of phenolic OH excluding ortho intramolecular Hbond substituents is 1. The van der Waals surface area contributed by atoms with Crippen LogP contribution in [0.1, 0.15) is 30.0 Å². The number of nitrogens with one attached hydrogen (secondary N) is 1. The quantitative estimate of drug-likeness (QED) is 0.591. The Labute approximate surface area is 165 Å². The van der Waals surface area contributed by atoms with Gasteiger partial charge < -0.3 is 19.9 Å². The molecule has 2 atom stereocenters. The molecule has 0 saturated carbocycles. The Morgan fingerprint density at radius 3 is 2.68 bits per heavy atom. The highest BCUT2D eigenvalue weighted by Crippen LogP contribution is 2.32. The van der Waals surface area contributed by atoms with Gasteiger partial charge in [0.15, 0.2) is 11.6 Å². The summed E-state index contributed by atoms with van der Waals surface area (Å²) in [5.74, 6) is -1.15. The van der Waals surface area contributed by atoms with Crippen molar-refractivity contribution in [2.24, 2.45) is 0 Å². The van der Waals surface area contributed by atoms with Crippen LogP contribution in [0.5, 0.6) is 5.75 Å². The Hall–Kier alpha value is -3.15. The Kier molecular flexibility index (Phi) is 5.49. The lowest BCUT2D eigenvalue weighted by molar-refractivity contribution is 0.159. The van der Waals surface area contributed by atoms with Gasteiger partial charge in [-0.15, -0.1) is 10.2 Å². The van der Waals surface area contributed by atoms with Crippen LogP contribution in [0.2, 0.25) is 5.02 Å². The minimum absolute atomic E-state index is 0.0623. The molecular formula is C19H16ClFN4O3. The third kappa shape index (κ3) is 3.76. The van der Waals surface area contributed by atoms with Gasteiger partial charge in [-0.05, 0) is 49.7 Å². The van der Waals surface area contributed by atoms with Crippen LogP contribution in [0.25, 0.3) is 11.5 Å². The summed E-state index contributed by atoms with van der Waals surface area (Å²) in [6.07, 6.45) is -0.913. The smallest absolute Gasteiger partial charge is 0.248 e. The van der Waals surface area contributed by atoms with E-state index < -0.39 is 23.7 Å². The summed E-state index contributed by atoms with van der Waals surface area (Å²) in [7, 11) is 0. The SMILES string of the molecule is Cc1c(NC(c2nnc(-c3ccc(F)c(O)c3)o2)[C@H](C)O)ccc(C#N)c1Cl. The summed E-state index contributed by atoms with van der Waals surface area (Å²) in [5, 5.41) is 40.0. The second-order valence-electron chi connectivity index (χ2n) is 6.19. The van der Waals surface area contributed by atoms with Crippen molar-refractivity contribution in [3.63, 3.8) is 0 Å². The lowest BCUT2D eigenvalue weighted by Crippen LogP contribution is -2.23. The molecule has 2 aromatic carbocycles. The number of halogens is 2. The first-order chi connectivity index (χ1) is 13.3. The van der Waals surface area contributed by atoms with Gasteiger partial charge in [0, 0.05) is 11.3 Å². The summed E-state index contributed by atoms with van der Waals surface area (Å²) in [5.41, 5.74) is 1.90. The zero-order valence-electron chi connectivity index (χ0n) is 14.9. The third-order valence-electron chi connectivity index (χ3n) is 4.20. The maximum absolute atomic E-state index is 13.2. The number of aromatic nitrogens is 2. The minimum Gasteiger partial charge on any atom is -0.505 e. The number of benzene rings is 2. The highest BCUT2D eigenvalue weighted by atomic mass is 35.5. The van der Waals surface area contributed by atoms with Crippen LogP contribution in [-0.2, 0) is 0 Å². The number of rotatable bonds is 5. The molecule has 0 saturated heterocycles. The summed E-state index contributed by atoms with van der Waals surface area (Å²) in [4.78, 5) is 0. The first-order valence-electron chi connectivity index (χ1n) is 8.28. The van der Waals surface area contributed by atoms with Gasteiger partial charge >= 0.3 is 0 Å². The van der Waals surface area contributed by atoms with Crippen molar-refractivity contribution in [3.05, 3.63) is 58.2 Å². The predicted molar refractivity (Wildman–Crippen MR) is 100 cm³/mol. The Bertz CT molecular complexity index is 1060. The molecule has 3 N–H and O–H groups in total. The predicted octanol–water partition coefficient (Wildman–Crippen LogP) is 3.95. The fourth-order valence-corrected chi connectivity index (χ4v) is 2.81. The maximum Gasteiger partial charge on any atom is 0.248 e. The van der Waals surface area contributed by atoms with E-state index in [4.69, 9.17) is 21.3 Å². The molecule has 3 aromatic rings. The lowest BCUT2D eigenvalue weighted by Gasteiger charge is -2.21. The molecule has 7 nitrogen and oxygen atoms in total. The molecule has 144 valence electrons. The molecule has 0 spiro atoms. The van der Waals surface area contributed by atoms with E-state index in [0.717, 1.165) is 6.07 Å². The summed E-state index contributed by atoms with van der Waals surface area (Å²) >= 11 is 6.19. The van der Waals surface area contributed by atoms with Gasteiger partial charge in [-0.2, -0.15) is 5.26 Å². The van der Waals surface area contributed by atoms with E-state index in [1.54, 1.807) is 26.0 Å². The topological polar surface area (TPSA) is 115 Å². The number of aliphatic hydroxyl groups is 1. The highest BCUT2D eigenvalue weighted by molar-refractivity contribution is 6.32. The van der Waals surface area contributed by atoms with E-state index in [9.17, 15) is 14.6 Å². The number of anilines is 1. The summed E-state index contributed by atoms with van der Waals surface area (Å²) < 4.78 is 18.8. The summed E-state index contributed by atoms with van der Waals surface area (Å²) in [6, 6.07) is 8.12. The average molecular weight is 403 g/mol. The van der Waals surface area contributed by atoms with Crippen LogP contribution in [0.15, 0.2) is 34.7 Å². The molecule has 0 fully saturated rings. The number of nitriles is 1. The van der Waals surface area contributed by atoms with Gasteiger partial charge in [0.25, 0.3) is 0 Å². The number of hydrogen-bond donors (Lipinski definition) is 3. The van der Waals surface area contributed by atoms with Crippen molar-refractivity contribution in [2.45, 2.75) is 26.0 Å². The molecule has 3 rings (SSSR count). The molecule has 0 aliphatic carbocycles. The van der Waals surface area contributed by atoms with Crippen LogP contribution in [0.4, 0.5) is 10.1 Å². The van der Waals surface area contributed by atoms with Gasteiger partial charge in [-0.1, -0.05) is 11.6 Å². The van der Waals surface area contributed by atoms with Crippen molar-refractivity contribution >= 4 is 17.3 Å². The lowest BCUT2D eigenvalue weighted by atomic mass is 10.1. The third-order valence-corrected chi connectivity index (χ3v) is 4.69. The standard InChI is InChI=1S/C19H16ClFN4O3/c1-9-14(6-4-12(8-22)16(9)20)23-17(10(2)26)19-25-24-18(28-19)11-3-5-13(21)15(27)7-11/h3-7,10,17,23,26-27H,1-2H3/t10-,17?/m0/s1. The Balaban J connectivity index is 1.92. The fourth-order valence-electron chi connectivity index (χ4n) is 2.61. The monoisotopic (exact) mass is 402 g/mol. The highest BCUT2D eigenvalue weighted by Gasteiger charge is 2.25. The molecule has 1 heterocycles. The number of nitrogens with zero attached hydrogens (tertiary/aromatic N) is 3. The van der Waals surface area contributed by atoms with Crippen LogP contribution in [-0.4, -0.2) is 26.5 Å². The van der Waals surface area contributed by atoms with Gasteiger partial charge in [0.05, 0.1) is 16.7 Å². The second kappa shape index (κ2) is 7.84. The molecule has 0 bridgehead atoms. The molecule has 0 radical (unpaired) electrons. The zero-order chi connectivity index (χ0) is 20.4. The van der Waals surface area contributed by atoms with E-state index in [1.807, 2.05) is 6.07 Å². The first kappa shape index (κ1) is 19.6. The van der Waals surface area contributed by atoms with Crippen molar-refractivity contribution in [3.8, 4) is 23.3 Å². The largest absolute Gasteiger partial charge is 0.505 e. The molecule has 0 aliphatic heterocycles. The maximum atomic E-state index is 13.2. The molecule has 28 heavy (non-hydrogen) atoms. The Morgan fingerprint density at radius 1 is 1.29 bits per heavy atom. The van der Waals surface area contributed by atoms with Gasteiger partial charge in [0.2, 0.25) is 11.8 Å². The number of aliphatic hydroxyl groups excluding tert-OH is 1. The molecule has 1 aromatic heterocycles. The van der Waals surface area contributed by atoms with E-state index in [1.165, 1.54) is 12.1 Å². The molecule has 0 aliphatic rings. The summed E-state index contributed by atoms with van der Waals surface area (Å²) in [6.45, 7) is 3.29. The van der Waals surface area contributed by atoms with Crippen molar-refractivity contribution in [1.82, 2.24) is 10.2 Å². The van der Waals surface area contributed by atoms with Crippen LogP contribution >= 0.6 is 11.6 Å². The number of aromatic hydroxyl groups is 1. The van der Waals surface area contributed by atoms with E-state index in [-0.39, 0.29) is 11.8 Å². The van der Waals surface area contributed by atoms with Gasteiger partial charge in [0.1, 0.15) is 12.1 Å². The average Bonchev–Trinajstić information content (AvgIpc) is 3.14. The van der Waals surface area contributed by atoms with Crippen LogP contribution < -0.4 is 5.32 Å². The van der Waals surface area contributed by atoms with Gasteiger partial charge in [-0.3, -0.25) is 0 Å². The van der Waals surface area contributed by atoms with Crippen molar-refractivity contribution in [2.75, 3.05) is 5.32 Å². The van der Waals surface area contributed by atoms with Crippen molar-refractivity contribution < 1.29 is 19.0 Å². The van der Waals surface area contributed by atoms with E-state index in [0.29, 0.717) is 27.4 Å². The number of phenols is 1. The van der Waals surface area contributed by atoms with E-state index >= 15 is 0 Å². The van der Waals surface area contributed by atoms with E-state index in [2.05, 4.69) is 15.5 Å².